The zero-order valence-corrected chi connectivity index (χ0v) is 19.8. The van der Waals surface area contributed by atoms with Crippen molar-refractivity contribution in [1.82, 2.24) is 10.2 Å². The number of amides is 2. The standard InChI is InChI=1S/C25H36FN3O4/c1-3-14-33-23(30)27-19-6-4-5-7-20(16-19)28-12-10-25(11-13-28)17-29(24(31)32-2)22-9-8-18(26)15-21(22)25/h8-9,15,19-20H,3-7,10-14,16-17H2,1-2H3,(H,27,30). The topological polar surface area (TPSA) is 71.1 Å². The van der Waals surface area contributed by atoms with Crippen LogP contribution in [0.15, 0.2) is 18.2 Å². The molecule has 1 N–H and O–H groups in total. The van der Waals surface area contributed by atoms with Crippen molar-refractivity contribution in [3.05, 3.63) is 29.6 Å². The smallest absolute Gasteiger partial charge is 0.414 e. The van der Waals surface area contributed by atoms with Gasteiger partial charge >= 0.3 is 12.2 Å². The molecule has 1 saturated carbocycles. The van der Waals surface area contributed by atoms with Crippen LogP contribution in [0.1, 0.15) is 63.9 Å². The van der Waals surface area contributed by atoms with Gasteiger partial charge in [-0.25, -0.2) is 14.0 Å². The minimum Gasteiger partial charge on any atom is -0.452 e. The molecular formula is C25H36FN3O4. The Kier molecular flexibility index (Phi) is 7.41. The highest BCUT2D eigenvalue weighted by Gasteiger charge is 2.47. The molecular weight excluding hydrogens is 425 g/mol. The fraction of sp³-hybridized carbons (Fsp3) is 0.680. The van der Waals surface area contributed by atoms with E-state index in [4.69, 9.17) is 9.47 Å². The second kappa shape index (κ2) is 10.3. The van der Waals surface area contributed by atoms with Gasteiger partial charge in [-0.2, -0.15) is 0 Å². The number of nitrogens with one attached hydrogen (secondary N) is 1. The molecule has 1 aromatic carbocycles. The van der Waals surface area contributed by atoms with Crippen molar-refractivity contribution in [3.63, 3.8) is 0 Å². The van der Waals surface area contributed by atoms with Crippen molar-refractivity contribution in [1.29, 1.82) is 0 Å². The summed E-state index contributed by atoms with van der Waals surface area (Å²) in [5.41, 5.74) is 1.45. The third-order valence-electron chi connectivity index (χ3n) is 7.60. The minimum absolute atomic E-state index is 0.133. The number of rotatable bonds is 4. The van der Waals surface area contributed by atoms with Gasteiger partial charge in [0, 0.05) is 24.0 Å². The van der Waals surface area contributed by atoms with Crippen molar-refractivity contribution in [2.45, 2.75) is 75.8 Å². The summed E-state index contributed by atoms with van der Waals surface area (Å²) in [7, 11) is 1.38. The Morgan fingerprint density at radius 2 is 1.97 bits per heavy atom. The number of anilines is 1. The van der Waals surface area contributed by atoms with E-state index in [1.54, 1.807) is 17.0 Å². The maximum absolute atomic E-state index is 14.2. The lowest BCUT2D eigenvalue weighted by atomic mass is 9.74. The van der Waals surface area contributed by atoms with Crippen LogP contribution in [0.4, 0.5) is 19.7 Å². The van der Waals surface area contributed by atoms with Gasteiger partial charge in [0.05, 0.1) is 19.4 Å². The Balaban J connectivity index is 1.42. The van der Waals surface area contributed by atoms with E-state index >= 15 is 0 Å². The molecule has 4 rings (SSSR count). The molecule has 2 unspecified atom stereocenters. The van der Waals surface area contributed by atoms with E-state index < -0.39 is 6.09 Å². The number of carbonyl (C=O) groups excluding carboxylic acids is 2. The first-order valence-corrected chi connectivity index (χ1v) is 12.3. The van der Waals surface area contributed by atoms with Crippen LogP contribution >= 0.6 is 0 Å². The van der Waals surface area contributed by atoms with Crippen LogP contribution in [0.3, 0.4) is 0 Å². The zero-order valence-electron chi connectivity index (χ0n) is 19.8. The van der Waals surface area contributed by atoms with Crippen molar-refractivity contribution in [2.75, 3.05) is 38.3 Å². The number of piperidine rings is 1. The number of hydrogen-bond donors (Lipinski definition) is 1. The average Bonchev–Trinajstić information content (AvgIpc) is 2.96. The summed E-state index contributed by atoms with van der Waals surface area (Å²) >= 11 is 0. The Morgan fingerprint density at radius 3 is 2.70 bits per heavy atom. The van der Waals surface area contributed by atoms with Crippen LogP contribution in [0.2, 0.25) is 0 Å². The van der Waals surface area contributed by atoms with Gasteiger partial charge in [-0.05, 0) is 75.4 Å². The number of methoxy groups -OCH3 is 1. The van der Waals surface area contributed by atoms with E-state index in [1.165, 1.54) is 13.2 Å². The van der Waals surface area contributed by atoms with Gasteiger partial charge in [-0.3, -0.25) is 4.90 Å². The Hall–Kier alpha value is -2.35. The molecule has 2 heterocycles. The molecule has 2 atom stereocenters. The fourth-order valence-corrected chi connectivity index (χ4v) is 5.86. The van der Waals surface area contributed by atoms with E-state index in [0.717, 1.165) is 75.7 Å². The summed E-state index contributed by atoms with van der Waals surface area (Å²) in [5, 5.41) is 3.07. The summed E-state index contributed by atoms with van der Waals surface area (Å²) in [6, 6.07) is 5.25. The van der Waals surface area contributed by atoms with Crippen molar-refractivity contribution in [3.8, 4) is 0 Å². The Morgan fingerprint density at radius 1 is 1.21 bits per heavy atom. The molecule has 0 radical (unpaired) electrons. The van der Waals surface area contributed by atoms with E-state index in [-0.39, 0.29) is 23.4 Å². The molecule has 1 aromatic rings. The van der Waals surface area contributed by atoms with E-state index in [1.807, 2.05) is 6.92 Å². The lowest BCUT2D eigenvalue weighted by Crippen LogP contribution is -2.50. The molecule has 7 nitrogen and oxygen atoms in total. The van der Waals surface area contributed by atoms with Crippen molar-refractivity contribution in [2.24, 2.45) is 0 Å². The summed E-state index contributed by atoms with van der Waals surface area (Å²) in [4.78, 5) is 28.6. The van der Waals surface area contributed by atoms with E-state index in [2.05, 4.69) is 10.2 Å². The highest BCUT2D eigenvalue weighted by molar-refractivity contribution is 5.91. The second-order valence-corrected chi connectivity index (χ2v) is 9.69. The van der Waals surface area contributed by atoms with Crippen LogP contribution in [-0.4, -0.2) is 62.5 Å². The predicted octanol–water partition coefficient (Wildman–Crippen LogP) is 4.58. The van der Waals surface area contributed by atoms with Gasteiger partial charge in [-0.1, -0.05) is 19.8 Å². The van der Waals surface area contributed by atoms with Crippen LogP contribution in [0, 0.1) is 5.82 Å². The number of ether oxygens (including phenoxy) is 2. The highest BCUT2D eigenvalue weighted by Crippen LogP contribution is 2.48. The van der Waals surface area contributed by atoms with Gasteiger partial charge in [0.2, 0.25) is 0 Å². The van der Waals surface area contributed by atoms with Gasteiger partial charge in [-0.15, -0.1) is 0 Å². The maximum atomic E-state index is 14.2. The number of fused-ring (bicyclic) bond motifs is 2. The largest absolute Gasteiger partial charge is 0.452 e. The highest BCUT2D eigenvalue weighted by atomic mass is 19.1. The summed E-state index contributed by atoms with van der Waals surface area (Å²) in [5.74, 6) is -0.269. The summed E-state index contributed by atoms with van der Waals surface area (Å²) in [6.45, 7) is 4.75. The SMILES string of the molecule is CCCOC(=O)NC1CCCCC(N2CCC3(CC2)CN(C(=O)OC)c2ccc(F)cc23)C1. The minimum atomic E-state index is -0.394. The van der Waals surface area contributed by atoms with Crippen LogP contribution in [0.25, 0.3) is 0 Å². The molecule has 2 amide bonds. The fourth-order valence-electron chi connectivity index (χ4n) is 5.86. The normalized spacial score (nSPS) is 24.8. The first-order valence-electron chi connectivity index (χ1n) is 12.3. The molecule has 1 saturated heterocycles. The molecule has 3 aliphatic rings. The molecule has 1 aliphatic carbocycles. The molecule has 2 aliphatic heterocycles. The number of alkyl carbamates (subject to hydrolysis) is 1. The van der Waals surface area contributed by atoms with Gasteiger partial charge in [0.15, 0.2) is 0 Å². The number of benzene rings is 1. The molecule has 0 aromatic heterocycles. The third-order valence-corrected chi connectivity index (χ3v) is 7.60. The lowest BCUT2D eigenvalue weighted by molar-refractivity contribution is 0.102. The molecule has 2 fully saturated rings. The number of nitrogens with zero attached hydrogens (tertiary/aromatic N) is 2. The first kappa shape index (κ1) is 23.8. The van der Waals surface area contributed by atoms with Gasteiger partial charge in [0.1, 0.15) is 5.82 Å². The van der Waals surface area contributed by atoms with Crippen LogP contribution in [0.5, 0.6) is 0 Å². The third kappa shape index (κ3) is 5.10. The Bertz CT molecular complexity index is 856. The molecule has 1 spiro atoms. The molecule has 8 heteroatoms. The summed E-state index contributed by atoms with van der Waals surface area (Å²) in [6.07, 6.45) is 7.12. The van der Waals surface area contributed by atoms with Crippen LogP contribution in [-0.2, 0) is 14.9 Å². The van der Waals surface area contributed by atoms with Crippen LogP contribution < -0.4 is 10.2 Å². The maximum Gasteiger partial charge on any atom is 0.414 e. The van der Waals surface area contributed by atoms with Crippen molar-refractivity contribution < 1.29 is 23.5 Å². The Labute approximate surface area is 195 Å². The number of likely N-dealkylation sites (tertiary alicyclic amines) is 1. The quantitative estimate of drug-likeness (QED) is 0.665. The number of hydrogen-bond acceptors (Lipinski definition) is 5. The number of halogens is 1. The first-order chi connectivity index (χ1) is 16.0. The van der Waals surface area contributed by atoms with Crippen molar-refractivity contribution >= 4 is 17.9 Å². The molecule has 0 bridgehead atoms. The number of carbonyl (C=O) groups is 2. The van der Waals surface area contributed by atoms with E-state index in [0.29, 0.717) is 19.2 Å². The second-order valence-electron chi connectivity index (χ2n) is 9.69. The van der Waals surface area contributed by atoms with Gasteiger partial charge in [0.25, 0.3) is 0 Å². The zero-order chi connectivity index (χ0) is 23.4. The predicted molar refractivity (Wildman–Crippen MR) is 124 cm³/mol. The molecule has 33 heavy (non-hydrogen) atoms. The summed E-state index contributed by atoms with van der Waals surface area (Å²) < 4.78 is 24.4. The average molecular weight is 462 g/mol. The monoisotopic (exact) mass is 461 g/mol. The molecule has 182 valence electrons. The van der Waals surface area contributed by atoms with Gasteiger partial charge < -0.3 is 19.7 Å². The van der Waals surface area contributed by atoms with E-state index in [9.17, 15) is 14.0 Å². The lowest BCUT2D eigenvalue weighted by Gasteiger charge is -2.43.